The van der Waals surface area contributed by atoms with Gasteiger partial charge in [0.15, 0.2) is 0 Å². The molecule has 3 heteroatoms. The summed E-state index contributed by atoms with van der Waals surface area (Å²) in [5, 5.41) is 22.8. The highest BCUT2D eigenvalue weighted by Crippen LogP contribution is 2.38. The molecule has 0 radical (unpaired) electrons. The number of aliphatic hydroxyl groups is 2. The van der Waals surface area contributed by atoms with Crippen molar-refractivity contribution >= 4 is 0 Å². The number of aliphatic hydroxyl groups excluding tert-OH is 2. The Kier molecular flexibility index (Phi) is 5.67. The van der Waals surface area contributed by atoms with E-state index in [-0.39, 0.29) is 24.3 Å². The average Bonchev–Trinajstić information content (AvgIpc) is 2.41. The predicted octanol–water partition coefficient (Wildman–Crippen LogP) is 2.75. The molecule has 2 saturated carbocycles. The molecule has 0 saturated heterocycles. The molecular weight excluding hydrogens is 238 g/mol. The van der Waals surface area contributed by atoms with E-state index in [4.69, 9.17) is 0 Å². The van der Waals surface area contributed by atoms with Crippen molar-refractivity contribution in [1.82, 2.24) is 5.32 Å². The van der Waals surface area contributed by atoms with Gasteiger partial charge in [-0.3, -0.25) is 0 Å². The van der Waals surface area contributed by atoms with Crippen LogP contribution in [0, 0.1) is 0 Å². The van der Waals surface area contributed by atoms with Crippen molar-refractivity contribution in [2.45, 2.75) is 88.1 Å². The van der Waals surface area contributed by atoms with E-state index in [1.165, 1.54) is 64.2 Å². The lowest BCUT2D eigenvalue weighted by Crippen LogP contribution is -2.60. The van der Waals surface area contributed by atoms with Gasteiger partial charge in [-0.1, -0.05) is 38.5 Å². The summed E-state index contributed by atoms with van der Waals surface area (Å²) >= 11 is 0. The van der Waals surface area contributed by atoms with E-state index in [0.29, 0.717) is 0 Å². The molecule has 3 N–H and O–H groups in total. The number of nitrogens with one attached hydrogen (secondary N) is 1. The second-order valence-electron chi connectivity index (χ2n) is 6.75. The van der Waals surface area contributed by atoms with Crippen LogP contribution in [0.25, 0.3) is 0 Å². The van der Waals surface area contributed by atoms with E-state index < -0.39 is 0 Å². The minimum absolute atomic E-state index is 0.138. The SMILES string of the molecule is OCCC1(NC2(CCO)CCCCC2)CCCCC1. The van der Waals surface area contributed by atoms with Gasteiger partial charge in [-0.2, -0.15) is 0 Å². The van der Waals surface area contributed by atoms with Crippen molar-refractivity contribution in [2.75, 3.05) is 13.2 Å². The Balaban J connectivity index is 2.07. The standard InChI is InChI=1S/C16H31NO2/c18-13-11-15(7-3-1-4-8-15)17-16(12-14-19)9-5-2-6-10-16/h17-19H,1-14H2. The van der Waals surface area contributed by atoms with Gasteiger partial charge >= 0.3 is 0 Å². The van der Waals surface area contributed by atoms with Crippen molar-refractivity contribution in [2.24, 2.45) is 0 Å². The number of rotatable bonds is 6. The molecule has 0 aromatic heterocycles. The zero-order valence-corrected chi connectivity index (χ0v) is 12.3. The Bertz CT molecular complexity index is 218. The molecule has 2 aliphatic carbocycles. The molecule has 0 aliphatic heterocycles. The molecule has 2 rings (SSSR count). The molecule has 19 heavy (non-hydrogen) atoms. The molecule has 0 atom stereocenters. The van der Waals surface area contributed by atoms with Gasteiger partial charge < -0.3 is 15.5 Å². The molecule has 0 aromatic carbocycles. The largest absolute Gasteiger partial charge is 0.396 e. The quantitative estimate of drug-likeness (QED) is 0.695. The maximum Gasteiger partial charge on any atom is 0.0448 e. The van der Waals surface area contributed by atoms with Crippen LogP contribution in [0.15, 0.2) is 0 Å². The van der Waals surface area contributed by atoms with Gasteiger partial charge in [0.25, 0.3) is 0 Å². The third-order valence-corrected chi connectivity index (χ3v) is 5.33. The Morgan fingerprint density at radius 2 is 1.00 bits per heavy atom. The lowest BCUT2D eigenvalue weighted by atomic mass is 9.73. The molecule has 0 bridgehead atoms. The van der Waals surface area contributed by atoms with Crippen LogP contribution < -0.4 is 5.32 Å². The minimum atomic E-state index is 0.138. The summed E-state index contributed by atoms with van der Waals surface area (Å²) in [6.07, 6.45) is 14.3. The van der Waals surface area contributed by atoms with E-state index in [1.807, 2.05) is 0 Å². The lowest BCUT2D eigenvalue weighted by Gasteiger charge is -2.49. The Labute approximate surface area is 117 Å². The summed E-state index contributed by atoms with van der Waals surface area (Å²) < 4.78 is 0. The fourth-order valence-corrected chi connectivity index (χ4v) is 4.32. The van der Waals surface area contributed by atoms with Gasteiger partial charge in [0.1, 0.15) is 0 Å². The summed E-state index contributed by atoms with van der Waals surface area (Å²) in [4.78, 5) is 0. The number of hydrogen-bond donors (Lipinski definition) is 3. The highest BCUT2D eigenvalue weighted by atomic mass is 16.3. The van der Waals surface area contributed by atoms with Gasteiger partial charge in [-0.25, -0.2) is 0 Å². The Morgan fingerprint density at radius 3 is 1.32 bits per heavy atom. The van der Waals surface area contributed by atoms with Crippen LogP contribution in [0.4, 0.5) is 0 Å². The monoisotopic (exact) mass is 269 g/mol. The lowest BCUT2D eigenvalue weighted by molar-refractivity contribution is 0.0769. The van der Waals surface area contributed by atoms with Crippen molar-refractivity contribution in [3.05, 3.63) is 0 Å². The maximum absolute atomic E-state index is 9.44. The first-order valence-electron chi connectivity index (χ1n) is 8.25. The molecule has 2 aliphatic rings. The van der Waals surface area contributed by atoms with E-state index in [0.717, 1.165) is 12.8 Å². The van der Waals surface area contributed by atoms with Crippen LogP contribution >= 0.6 is 0 Å². The molecular formula is C16H31NO2. The Hall–Kier alpha value is -0.120. The molecule has 0 amide bonds. The summed E-state index contributed by atoms with van der Waals surface area (Å²) in [5.74, 6) is 0. The molecule has 0 spiro atoms. The normalized spacial score (nSPS) is 26.2. The Morgan fingerprint density at radius 1 is 0.632 bits per heavy atom. The summed E-state index contributed by atoms with van der Waals surface area (Å²) in [6, 6.07) is 0. The first-order valence-corrected chi connectivity index (χ1v) is 8.25. The summed E-state index contributed by atoms with van der Waals surface area (Å²) in [7, 11) is 0. The second kappa shape index (κ2) is 7.05. The van der Waals surface area contributed by atoms with Gasteiger partial charge in [0.05, 0.1) is 0 Å². The van der Waals surface area contributed by atoms with E-state index >= 15 is 0 Å². The highest BCUT2D eigenvalue weighted by molar-refractivity contribution is 5.01. The summed E-state index contributed by atoms with van der Waals surface area (Å²) in [6.45, 7) is 0.560. The van der Waals surface area contributed by atoms with Gasteiger partial charge in [-0.05, 0) is 38.5 Å². The first-order chi connectivity index (χ1) is 9.24. The topological polar surface area (TPSA) is 52.5 Å². The van der Waals surface area contributed by atoms with E-state index in [9.17, 15) is 10.2 Å². The van der Waals surface area contributed by atoms with Crippen molar-refractivity contribution in [3.63, 3.8) is 0 Å². The van der Waals surface area contributed by atoms with Crippen molar-refractivity contribution in [1.29, 1.82) is 0 Å². The molecule has 0 heterocycles. The third kappa shape index (κ3) is 3.93. The van der Waals surface area contributed by atoms with Gasteiger partial charge in [0.2, 0.25) is 0 Å². The van der Waals surface area contributed by atoms with Gasteiger partial charge in [-0.15, -0.1) is 0 Å². The zero-order valence-electron chi connectivity index (χ0n) is 12.3. The third-order valence-electron chi connectivity index (χ3n) is 5.33. The fraction of sp³-hybridized carbons (Fsp3) is 1.00. The highest BCUT2D eigenvalue weighted by Gasteiger charge is 2.40. The van der Waals surface area contributed by atoms with Crippen molar-refractivity contribution in [3.8, 4) is 0 Å². The minimum Gasteiger partial charge on any atom is -0.396 e. The number of hydrogen-bond acceptors (Lipinski definition) is 3. The van der Waals surface area contributed by atoms with Gasteiger partial charge in [0, 0.05) is 24.3 Å². The first kappa shape index (κ1) is 15.3. The van der Waals surface area contributed by atoms with Crippen LogP contribution in [0.2, 0.25) is 0 Å². The van der Waals surface area contributed by atoms with Crippen LogP contribution in [0.5, 0.6) is 0 Å². The molecule has 0 aromatic rings. The maximum atomic E-state index is 9.44. The molecule has 0 unspecified atom stereocenters. The average molecular weight is 269 g/mol. The molecule has 3 nitrogen and oxygen atoms in total. The van der Waals surface area contributed by atoms with E-state index in [2.05, 4.69) is 5.32 Å². The van der Waals surface area contributed by atoms with E-state index in [1.54, 1.807) is 0 Å². The van der Waals surface area contributed by atoms with Crippen LogP contribution in [0.3, 0.4) is 0 Å². The van der Waals surface area contributed by atoms with Crippen LogP contribution in [-0.2, 0) is 0 Å². The fourth-order valence-electron chi connectivity index (χ4n) is 4.32. The molecule has 112 valence electrons. The van der Waals surface area contributed by atoms with Crippen LogP contribution in [-0.4, -0.2) is 34.5 Å². The second-order valence-corrected chi connectivity index (χ2v) is 6.75. The molecule has 2 fully saturated rings. The smallest absolute Gasteiger partial charge is 0.0448 e. The van der Waals surface area contributed by atoms with Crippen LogP contribution in [0.1, 0.15) is 77.0 Å². The predicted molar refractivity (Wildman–Crippen MR) is 78.2 cm³/mol. The summed E-state index contributed by atoms with van der Waals surface area (Å²) in [5.41, 5.74) is 0.277. The van der Waals surface area contributed by atoms with Crippen molar-refractivity contribution < 1.29 is 10.2 Å². The zero-order chi connectivity index (χ0) is 13.6.